The first-order chi connectivity index (χ1) is 10.7. The molecule has 0 aliphatic heterocycles. The van der Waals surface area contributed by atoms with Crippen molar-refractivity contribution in [2.24, 2.45) is 0 Å². The number of nitrogens with zero attached hydrogens (tertiary/aromatic N) is 2. The zero-order chi connectivity index (χ0) is 15.5. The Bertz CT molecular complexity index is 950. The van der Waals surface area contributed by atoms with Gasteiger partial charge in [-0.1, -0.05) is 18.2 Å². The van der Waals surface area contributed by atoms with Crippen molar-refractivity contribution in [1.29, 1.82) is 5.26 Å². The molecular formula is C17H11N2O3+. The summed E-state index contributed by atoms with van der Waals surface area (Å²) in [6, 6.07) is 13.8. The molecule has 0 unspecified atom stereocenters. The topological polar surface area (TPSA) is 74.9 Å². The van der Waals surface area contributed by atoms with Crippen molar-refractivity contribution < 1.29 is 13.8 Å². The van der Waals surface area contributed by atoms with E-state index in [0.717, 1.165) is 0 Å². The lowest BCUT2D eigenvalue weighted by atomic mass is 10.1. The Labute approximate surface area is 125 Å². The largest absolute Gasteiger partial charge is 0.422 e. The molecule has 3 rings (SSSR count). The normalized spacial score (nSPS) is 10.3. The van der Waals surface area contributed by atoms with Gasteiger partial charge in [0.1, 0.15) is 11.1 Å². The zero-order valence-corrected chi connectivity index (χ0v) is 11.5. The molecule has 1 aromatic carbocycles. The number of pyridine rings is 1. The van der Waals surface area contributed by atoms with Crippen LogP contribution in [0.25, 0.3) is 11.0 Å². The summed E-state index contributed by atoms with van der Waals surface area (Å²) in [4.78, 5) is 24.2. The number of carbonyl (C=O) groups excluding carboxylic acids is 1. The van der Waals surface area contributed by atoms with Crippen LogP contribution in [-0.2, 0) is 6.54 Å². The van der Waals surface area contributed by atoms with Crippen molar-refractivity contribution in [3.63, 3.8) is 0 Å². The molecule has 2 heterocycles. The van der Waals surface area contributed by atoms with E-state index in [1.807, 2.05) is 12.1 Å². The maximum absolute atomic E-state index is 12.3. The van der Waals surface area contributed by atoms with Crippen LogP contribution in [0.2, 0.25) is 0 Å². The van der Waals surface area contributed by atoms with Gasteiger partial charge in [-0.25, -0.2) is 4.79 Å². The predicted molar refractivity (Wildman–Crippen MR) is 78.2 cm³/mol. The maximum Gasteiger partial charge on any atom is 0.347 e. The molecule has 3 aromatic rings. The van der Waals surface area contributed by atoms with Crippen LogP contribution in [0, 0.1) is 11.3 Å². The minimum Gasteiger partial charge on any atom is -0.422 e. The van der Waals surface area contributed by atoms with Crippen molar-refractivity contribution in [2.75, 3.05) is 0 Å². The van der Waals surface area contributed by atoms with Crippen LogP contribution in [0.5, 0.6) is 0 Å². The van der Waals surface area contributed by atoms with Crippen molar-refractivity contribution >= 4 is 16.8 Å². The fourth-order valence-electron chi connectivity index (χ4n) is 2.14. The van der Waals surface area contributed by atoms with Gasteiger partial charge in [0.15, 0.2) is 12.4 Å². The van der Waals surface area contributed by atoms with E-state index in [1.54, 1.807) is 53.4 Å². The van der Waals surface area contributed by atoms with Gasteiger partial charge in [0.25, 0.3) is 0 Å². The van der Waals surface area contributed by atoms with E-state index in [0.29, 0.717) is 16.5 Å². The summed E-state index contributed by atoms with van der Waals surface area (Å²) in [6.45, 7) is 0.00874. The predicted octanol–water partition coefficient (Wildman–Crippen LogP) is 1.84. The molecule has 0 fully saturated rings. The van der Waals surface area contributed by atoms with E-state index in [1.165, 1.54) is 0 Å². The molecule has 0 N–H and O–H groups in total. The van der Waals surface area contributed by atoms with E-state index in [2.05, 4.69) is 0 Å². The number of para-hydroxylation sites is 1. The van der Waals surface area contributed by atoms with Crippen molar-refractivity contribution in [2.45, 2.75) is 6.54 Å². The number of ketones is 1. The molecule has 5 heteroatoms. The number of rotatable bonds is 3. The van der Waals surface area contributed by atoms with Crippen LogP contribution in [0.15, 0.2) is 64.1 Å². The second-order valence-corrected chi connectivity index (χ2v) is 4.78. The molecular weight excluding hydrogens is 280 g/mol. The smallest absolute Gasteiger partial charge is 0.347 e. The molecule has 0 spiro atoms. The first kappa shape index (κ1) is 13.7. The Hall–Kier alpha value is -3.26. The van der Waals surface area contributed by atoms with E-state index in [9.17, 15) is 9.59 Å². The second-order valence-electron chi connectivity index (χ2n) is 4.78. The molecule has 2 aromatic heterocycles. The molecule has 0 saturated carbocycles. The summed E-state index contributed by atoms with van der Waals surface area (Å²) in [5.74, 6) is -0.339. The van der Waals surface area contributed by atoms with Crippen molar-refractivity contribution in [3.8, 4) is 6.07 Å². The number of hydrogen-bond donors (Lipinski definition) is 0. The first-order valence-electron chi connectivity index (χ1n) is 6.62. The van der Waals surface area contributed by atoms with Gasteiger partial charge >= 0.3 is 5.63 Å². The van der Waals surface area contributed by atoms with Gasteiger partial charge in [-0.2, -0.15) is 9.83 Å². The highest BCUT2D eigenvalue weighted by atomic mass is 16.4. The van der Waals surface area contributed by atoms with E-state index >= 15 is 0 Å². The Balaban J connectivity index is 1.93. The quantitative estimate of drug-likeness (QED) is 0.419. The van der Waals surface area contributed by atoms with Crippen LogP contribution in [0.4, 0.5) is 0 Å². The van der Waals surface area contributed by atoms with Gasteiger partial charge in [-0.3, -0.25) is 4.79 Å². The summed E-state index contributed by atoms with van der Waals surface area (Å²) >= 11 is 0. The number of carbonyl (C=O) groups is 1. The number of hydrogen-bond acceptors (Lipinski definition) is 4. The second kappa shape index (κ2) is 5.62. The van der Waals surface area contributed by atoms with Crippen LogP contribution in [0.1, 0.15) is 15.9 Å². The molecule has 22 heavy (non-hydrogen) atoms. The maximum atomic E-state index is 12.3. The highest BCUT2D eigenvalue weighted by molar-refractivity contribution is 5.97. The highest BCUT2D eigenvalue weighted by Crippen LogP contribution is 2.12. The number of aromatic nitrogens is 1. The summed E-state index contributed by atoms with van der Waals surface area (Å²) in [7, 11) is 0. The molecule has 0 atom stereocenters. The summed E-state index contributed by atoms with van der Waals surface area (Å²) in [6.07, 6.45) is 3.25. The SMILES string of the molecule is N#Cc1cc[n+](CC(=O)c2cc3ccccc3oc2=O)cc1. The lowest BCUT2D eigenvalue weighted by Gasteiger charge is -2.00. The zero-order valence-electron chi connectivity index (χ0n) is 11.5. The highest BCUT2D eigenvalue weighted by Gasteiger charge is 2.17. The third kappa shape index (κ3) is 2.63. The van der Waals surface area contributed by atoms with Crippen LogP contribution in [0.3, 0.4) is 0 Å². The molecule has 5 nitrogen and oxygen atoms in total. The number of benzene rings is 1. The third-order valence-electron chi connectivity index (χ3n) is 3.29. The molecule has 0 aliphatic carbocycles. The van der Waals surface area contributed by atoms with Crippen molar-refractivity contribution in [1.82, 2.24) is 0 Å². The van der Waals surface area contributed by atoms with Crippen molar-refractivity contribution in [3.05, 3.63) is 76.4 Å². The number of fused-ring (bicyclic) bond motifs is 1. The third-order valence-corrected chi connectivity index (χ3v) is 3.29. The monoisotopic (exact) mass is 291 g/mol. The summed E-state index contributed by atoms with van der Waals surface area (Å²) < 4.78 is 6.77. The minimum atomic E-state index is -0.641. The number of Topliss-reactive ketones (excluding diaryl/α,β-unsaturated/α-hetero) is 1. The van der Waals surface area contributed by atoms with Gasteiger partial charge in [-0.15, -0.1) is 0 Å². The standard InChI is InChI=1S/C17H11N2O3/c18-10-12-5-7-19(8-6-12)11-15(20)14-9-13-3-1-2-4-16(13)22-17(14)21/h1-9H,11H2/q+1. The first-order valence-corrected chi connectivity index (χ1v) is 6.62. The molecule has 106 valence electrons. The van der Waals surface area contributed by atoms with Crippen LogP contribution >= 0.6 is 0 Å². The lowest BCUT2D eigenvalue weighted by molar-refractivity contribution is -0.683. The molecule has 0 radical (unpaired) electrons. The lowest BCUT2D eigenvalue weighted by Crippen LogP contribution is -2.38. The summed E-state index contributed by atoms with van der Waals surface area (Å²) in [5, 5.41) is 9.45. The van der Waals surface area contributed by atoms with Crippen LogP contribution in [-0.4, -0.2) is 5.78 Å². The fourth-order valence-corrected chi connectivity index (χ4v) is 2.14. The van der Waals surface area contributed by atoms with E-state index in [-0.39, 0.29) is 17.9 Å². The average molecular weight is 291 g/mol. The van der Waals surface area contributed by atoms with Gasteiger partial charge < -0.3 is 4.42 Å². The fraction of sp³-hybridized carbons (Fsp3) is 0.0588. The average Bonchev–Trinajstić information content (AvgIpc) is 2.54. The van der Waals surface area contributed by atoms with Gasteiger partial charge in [0, 0.05) is 17.5 Å². The summed E-state index contributed by atoms with van der Waals surface area (Å²) in [5.41, 5.74) is 0.345. The molecule has 0 amide bonds. The van der Waals surface area contributed by atoms with E-state index < -0.39 is 5.63 Å². The van der Waals surface area contributed by atoms with E-state index in [4.69, 9.17) is 9.68 Å². The Morgan fingerprint density at radius 3 is 2.64 bits per heavy atom. The molecule has 0 aliphatic rings. The minimum absolute atomic E-state index is 0.00874. The van der Waals surface area contributed by atoms with Crippen LogP contribution < -0.4 is 10.2 Å². The molecule has 0 saturated heterocycles. The van der Waals surface area contributed by atoms with Gasteiger partial charge in [-0.05, 0) is 12.1 Å². The Morgan fingerprint density at radius 2 is 1.91 bits per heavy atom. The molecule has 0 bridgehead atoms. The van der Waals surface area contributed by atoms with Gasteiger partial charge in [0.2, 0.25) is 12.3 Å². The van der Waals surface area contributed by atoms with Gasteiger partial charge in [0.05, 0.1) is 11.6 Å². The number of nitriles is 1. The Morgan fingerprint density at radius 1 is 1.18 bits per heavy atom. The Kier molecular flexibility index (Phi) is 3.50.